The third kappa shape index (κ3) is 4.80. The second kappa shape index (κ2) is 9.74. The molecule has 1 saturated carbocycles. The number of amides is 1. The van der Waals surface area contributed by atoms with Crippen molar-refractivity contribution in [2.45, 2.75) is 50.2 Å². The maximum Gasteiger partial charge on any atom is 0.266 e. The van der Waals surface area contributed by atoms with E-state index in [9.17, 15) is 26.7 Å². The summed E-state index contributed by atoms with van der Waals surface area (Å²) >= 11 is 0. The number of nitrogens with one attached hydrogen (secondary N) is 2. The van der Waals surface area contributed by atoms with Crippen LogP contribution in [0.25, 0.3) is 0 Å². The molecule has 1 aliphatic carbocycles. The van der Waals surface area contributed by atoms with E-state index in [-0.39, 0.29) is 49.5 Å². The zero-order valence-electron chi connectivity index (χ0n) is 17.5. The van der Waals surface area contributed by atoms with Crippen molar-refractivity contribution in [3.63, 3.8) is 0 Å². The smallest absolute Gasteiger partial charge is 0.266 e. The van der Waals surface area contributed by atoms with Crippen LogP contribution >= 0.6 is 0 Å². The maximum absolute atomic E-state index is 15.2. The first kappa shape index (κ1) is 24.2. The highest BCUT2D eigenvalue weighted by molar-refractivity contribution is 5.83. The summed E-state index contributed by atoms with van der Waals surface area (Å²) in [7, 11) is 0. The summed E-state index contributed by atoms with van der Waals surface area (Å²) < 4.78 is 92.7. The fourth-order valence-electron chi connectivity index (χ4n) is 3.56. The molecule has 13 heteroatoms. The van der Waals surface area contributed by atoms with Gasteiger partial charge < -0.3 is 20.1 Å². The van der Waals surface area contributed by atoms with Crippen LogP contribution in [-0.4, -0.2) is 41.1 Å². The number of hydrogen-bond donors (Lipinski definition) is 2. The molecule has 2 fully saturated rings. The van der Waals surface area contributed by atoms with Gasteiger partial charge in [-0.05, 0) is 12.8 Å². The van der Waals surface area contributed by atoms with Gasteiger partial charge in [0.05, 0.1) is 30.0 Å². The van der Waals surface area contributed by atoms with Crippen LogP contribution in [0, 0.1) is 5.82 Å². The van der Waals surface area contributed by atoms with E-state index in [1.165, 1.54) is 12.1 Å². The average molecular weight is 490 g/mol. The summed E-state index contributed by atoms with van der Waals surface area (Å²) in [5.41, 5.74) is -3.24. The molecular formula is C21H20F6N4O3. The molecule has 1 amide bonds. The van der Waals surface area contributed by atoms with E-state index in [1.54, 1.807) is 0 Å². The van der Waals surface area contributed by atoms with Gasteiger partial charge in [0, 0.05) is 12.1 Å². The highest BCUT2D eigenvalue weighted by atomic mass is 19.3. The van der Waals surface area contributed by atoms with Crippen molar-refractivity contribution in [1.82, 2.24) is 15.3 Å². The van der Waals surface area contributed by atoms with Crippen LogP contribution in [0.15, 0.2) is 24.5 Å². The van der Waals surface area contributed by atoms with Crippen LogP contribution in [0.1, 0.15) is 54.1 Å². The molecule has 1 aromatic carbocycles. The molecule has 2 aromatic rings. The molecule has 2 N–H and O–H groups in total. The van der Waals surface area contributed by atoms with E-state index < -0.39 is 53.8 Å². The molecule has 184 valence electrons. The van der Waals surface area contributed by atoms with Gasteiger partial charge in [-0.15, -0.1) is 0 Å². The summed E-state index contributed by atoms with van der Waals surface area (Å²) in [6, 6.07) is 3.50. The molecule has 7 nitrogen and oxygen atoms in total. The number of carbonyl (C=O) groups excluding carboxylic acids is 1. The number of halogens is 6. The Morgan fingerprint density at radius 1 is 1.12 bits per heavy atom. The van der Waals surface area contributed by atoms with Crippen molar-refractivity contribution in [2.75, 3.05) is 18.5 Å². The van der Waals surface area contributed by atoms with Gasteiger partial charge in [0.1, 0.15) is 23.5 Å². The van der Waals surface area contributed by atoms with E-state index in [2.05, 4.69) is 15.3 Å². The molecule has 1 saturated heterocycles. The number of carbonyl (C=O) groups is 1. The Morgan fingerprint density at radius 2 is 1.82 bits per heavy atom. The van der Waals surface area contributed by atoms with Gasteiger partial charge >= 0.3 is 0 Å². The quantitative estimate of drug-likeness (QED) is 0.515. The number of rotatable bonds is 9. The number of ether oxygens (including phenoxy) is 2. The first-order valence-electron chi connectivity index (χ1n) is 10.3. The molecule has 2 aliphatic rings. The maximum atomic E-state index is 15.2. The van der Waals surface area contributed by atoms with Gasteiger partial charge in [-0.2, -0.15) is 0 Å². The Labute approximate surface area is 189 Å². The molecule has 1 unspecified atom stereocenters. The van der Waals surface area contributed by atoms with Crippen LogP contribution in [0.4, 0.5) is 32.2 Å². The van der Waals surface area contributed by atoms with Crippen molar-refractivity contribution >= 4 is 11.7 Å². The Kier molecular flexibility index (Phi) is 6.94. The third-order valence-corrected chi connectivity index (χ3v) is 5.61. The Morgan fingerprint density at radius 3 is 2.44 bits per heavy atom. The fourth-order valence-corrected chi connectivity index (χ4v) is 3.56. The van der Waals surface area contributed by atoms with Crippen LogP contribution in [0.3, 0.4) is 0 Å². The summed E-state index contributed by atoms with van der Waals surface area (Å²) in [6.45, 7) is -0.0392. The van der Waals surface area contributed by atoms with Crippen LogP contribution in [-0.2, 0) is 20.8 Å². The number of nitrogens with zero attached hydrogens (tertiary/aromatic N) is 2. The SMILES string of the molecule is O=C(NC1(C(F)F)CC1)C(F)c1ncnc(NCc2cccc(C(F)F)c2F)c1C1OCCO1. The van der Waals surface area contributed by atoms with Gasteiger partial charge in [0.2, 0.25) is 6.17 Å². The average Bonchev–Trinajstić information content (AvgIpc) is 3.39. The molecule has 1 aliphatic heterocycles. The molecule has 2 heterocycles. The van der Waals surface area contributed by atoms with Crippen molar-refractivity contribution in [2.24, 2.45) is 0 Å². The number of alkyl halides is 5. The van der Waals surface area contributed by atoms with Crippen molar-refractivity contribution in [1.29, 1.82) is 0 Å². The minimum absolute atomic E-state index is 0.0185. The Balaban J connectivity index is 1.61. The minimum atomic E-state index is -3.02. The topological polar surface area (TPSA) is 85.4 Å². The number of benzene rings is 1. The Bertz CT molecular complexity index is 1050. The number of hydrogen-bond acceptors (Lipinski definition) is 6. The lowest BCUT2D eigenvalue weighted by Gasteiger charge is -2.22. The van der Waals surface area contributed by atoms with E-state index in [1.807, 2.05) is 5.32 Å². The lowest BCUT2D eigenvalue weighted by molar-refractivity contribution is -0.128. The minimum Gasteiger partial charge on any atom is -0.365 e. The number of aromatic nitrogens is 2. The summed E-state index contributed by atoms with van der Waals surface area (Å²) in [6.07, 6.45) is -8.56. The molecule has 1 aromatic heterocycles. The Hall–Kier alpha value is -2.93. The summed E-state index contributed by atoms with van der Waals surface area (Å²) in [4.78, 5) is 20.2. The van der Waals surface area contributed by atoms with E-state index in [4.69, 9.17) is 9.47 Å². The van der Waals surface area contributed by atoms with Crippen molar-refractivity contribution in [3.05, 3.63) is 52.7 Å². The number of anilines is 1. The second-order valence-electron chi connectivity index (χ2n) is 7.88. The zero-order chi connectivity index (χ0) is 24.5. The monoisotopic (exact) mass is 490 g/mol. The lowest BCUT2D eigenvalue weighted by Crippen LogP contribution is -2.44. The lowest BCUT2D eigenvalue weighted by atomic mass is 10.1. The summed E-state index contributed by atoms with van der Waals surface area (Å²) in [5, 5.41) is 4.75. The summed E-state index contributed by atoms with van der Waals surface area (Å²) in [5.74, 6) is -2.51. The standard InChI is InChI=1S/C21H20F6N4O3/c22-13-10(2-1-3-11(13)16(24)25)8-28-17-12(19-33-6-7-34-19)15(29-9-30-17)14(23)18(32)31-21(4-5-21)20(26)27/h1-3,9,14,16,19-20H,4-8H2,(H,31,32)(H,28,29,30). The molecule has 0 bridgehead atoms. The first-order valence-corrected chi connectivity index (χ1v) is 10.3. The highest BCUT2D eigenvalue weighted by Gasteiger charge is 2.53. The van der Waals surface area contributed by atoms with Crippen LogP contribution in [0.5, 0.6) is 0 Å². The van der Waals surface area contributed by atoms with E-state index in [0.29, 0.717) is 0 Å². The van der Waals surface area contributed by atoms with Crippen molar-refractivity contribution in [3.8, 4) is 0 Å². The normalized spacial score (nSPS) is 18.4. The molecule has 4 rings (SSSR count). The molecule has 1 atom stereocenters. The van der Waals surface area contributed by atoms with E-state index in [0.717, 1.165) is 12.4 Å². The van der Waals surface area contributed by atoms with Crippen LogP contribution < -0.4 is 10.6 Å². The van der Waals surface area contributed by atoms with Gasteiger partial charge in [-0.1, -0.05) is 18.2 Å². The highest BCUT2D eigenvalue weighted by Crippen LogP contribution is 2.42. The molecular weight excluding hydrogens is 470 g/mol. The third-order valence-electron chi connectivity index (χ3n) is 5.61. The second-order valence-corrected chi connectivity index (χ2v) is 7.88. The molecule has 0 radical (unpaired) electrons. The predicted molar refractivity (Wildman–Crippen MR) is 105 cm³/mol. The van der Waals surface area contributed by atoms with Gasteiger partial charge in [-0.25, -0.2) is 36.3 Å². The molecule has 0 spiro atoms. The van der Waals surface area contributed by atoms with Gasteiger partial charge in [-0.3, -0.25) is 4.79 Å². The van der Waals surface area contributed by atoms with Crippen molar-refractivity contribution < 1.29 is 40.6 Å². The fraction of sp³-hybridized carbons (Fsp3) is 0.476. The molecule has 34 heavy (non-hydrogen) atoms. The van der Waals surface area contributed by atoms with Crippen LogP contribution in [0.2, 0.25) is 0 Å². The zero-order valence-corrected chi connectivity index (χ0v) is 17.5. The first-order chi connectivity index (χ1) is 16.2. The predicted octanol–water partition coefficient (Wildman–Crippen LogP) is 4.14. The van der Waals surface area contributed by atoms with Gasteiger partial charge in [0.15, 0.2) is 6.29 Å². The van der Waals surface area contributed by atoms with Gasteiger partial charge in [0.25, 0.3) is 18.8 Å². The van der Waals surface area contributed by atoms with E-state index >= 15 is 4.39 Å². The largest absolute Gasteiger partial charge is 0.365 e.